The second kappa shape index (κ2) is 17.9. The molecule has 5 rings (SSSR count). The predicted octanol–water partition coefficient (Wildman–Crippen LogP) is 11.2. The fourth-order valence-electron chi connectivity index (χ4n) is 7.17. The summed E-state index contributed by atoms with van der Waals surface area (Å²) in [6, 6.07) is 29.6. The Bertz CT molecular complexity index is 1510. The number of hydrogen-bond acceptors (Lipinski definition) is 3. The van der Waals surface area contributed by atoms with E-state index in [-0.39, 0.29) is 29.8 Å². The molecule has 0 spiro atoms. The fourth-order valence-corrected chi connectivity index (χ4v) is 7.42. The SMILES string of the molecule is Cc1cccc(C)c1COCC(CNC1(C(COCc2c(C)cccc2C)c2ccc(Cl)cc2)CCCCC1)c1ccc(Cl)cc1.Cl. The lowest BCUT2D eigenvalue weighted by Gasteiger charge is -2.45. The molecule has 47 heavy (non-hydrogen) atoms. The van der Waals surface area contributed by atoms with Crippen molar-refractivity contribution < 1.29 is 9.47 Å². The van der Waals surface area contributed by atoms with Gasteiger partial charge in [-0.3, -0.25) is 0 Å². The first kappa shape index (κ1) is 37.4. The van der Waals surface area contributed by atoms with Gasteiger partial charge in [0, 0.05) is 34.0 Å². The first-order valence-electron chi connectivity index (χ1n) is 16.8. The van der Waals surface area contributed by atoms with Crippen molar-refractivity contribution >= 4 is 35.6 Å². The summed E-state index contributed by atoms with van der Waals surface area (Å²) in [5, 5.41) is 5.69. The maximum atomic E-state index is 6.63. The van der Waals surface area contributed by atoms with Crippen LogP contribution in [-0.4, -0.2) is 25.3 Å². The van der Waals surface area contributed by atoms with Crippen molar-refractivity contribution in [3.8, 4) is 0 Å². The quantitative estimate of drug-likeness (QED) is 0.142. The van der Waals surface area contributed by atoms with Crippen molar-refractivity contribution in [2.75, 3.05) is 19.8 Å². The van der Waals surface area contributed by atoms with Gasteiger partial charge in [0.1, 0.15) is 0 Å². The Kier molecular flexibility index (Phi) is 14.2. The van der Waals surface area contributed by atoms with Gasteiger partial charge in [-0.1, -0.05) is 103 Å². The van der Waals surface area contributed by atoms with Gasteiger partial charge in [-0.05, 0) is 109 Å². The first-order chi connectivity index (χ1) is 22.3. The lowest BCUT2D eigenvalue weighted by Crippen LogP contribution is -2.54. The smallest absolute Gasteiger partial charge is 0.0722 e. The minimum absolute atomic E-state index is 0. The molecule has 1 aliphatic carbocycles. The molecule has 2 unspecified atom stereocenters. The van der Waals surface area contributed by atoms with E-state index in [1.807, 2.05) is 24.3 Å². The van der Waals surface area contributed by atoms with E-state index in [1.165, 1.54) is 63.8 Å². The largest absolute Gasteiger partial charge is 0.376 e. The number of nitrogens with one attached hydrogen (secondary N) is 1. The minimum Gasteiger partial charge on any atom is -0.376 e. The van der Waals surface area contributed by atoms with Crippen LogP contribution in [0.2, 0.25) is 10.0 Å². The summed E-state index contributed by atoms with van der Waals surface area (Å²) in [5.41, 5.74) is 10.1. The molecule has 4 aromatic rings. The molecule has 2 atom stereocenters. The average molecular weight is 695 g/mol. The third-order valence-corrected chi connectivity index (χ3v) is 10.6. The molecule has 0 amide bonds. The van der Waals surface area contributed by atoms with E-state index in [2.05, 4.69) is 93.7 Å². The van der Waals surface area contributed by atoms with Gasteiger partial charge in [-0.15, -0.1) is 12.4 Å². The van der Waals surface area contributed by atoms with Crippen LogP contribution in [0.3, 0.4) is 0 Å². The lowest BCUT2D eigenvalue weighted by atomic mass is 9.70. The third-order valence-electron chi connectivity index (χ3n) is 10.1. The van der Waals surface area contributed by atoms with Gasteiger partial charge in [0.2, 0.25) is 0 Å². The molecule has 0 heterocycles. The molecular weight excluding hydrogens is 645 g/mol. The zero-order valence-electron chi connectivity index (χ0n) is 28.3. The molecule has 0 bridgehead atoms. The molecule has 0 aliphatic heterocycles. The van der Waals surface area contributed by atoms with Crippen LogP contribution in [0.4, 0.5) is 0 Å². The lowest BCUT2D eigenvalue weighted by molar-refractivity contribution is 0.0570. The van der Waals surface area contributed by atoms with E-state index in [1.54, 1.807) is 0 Å². The van der Waals surface area contributed by atoms with Crippen LogP contribution in [0, 0.1) is 27.7 Å². The Hall–Kier alpha value is -2.37. The number of ether oxygens (including phenoxy) is 2. The standard InChI is InChI=1S/C41H49Cl2NO2.ClH/c1-29-10-8-11-30(2)38(29)26-45-25-35(33-14-18-36(42)19-15-33)24-44-41(22-6-5-7-23-41)40(34-16-20-37(43)21-17-34)28-46-27-39-31(3)12-9-13-32(39)4;/h8-21,35,40,44H,5-7,22-28H2,1-4H3;1H. The van der Waals surface area contributed by atoms with E-state index in [4.69, 9.17) is 32.7 Å². The summed E-state index contributed by atoms with van der Waals surface area (Å²) >= 11 is 12.7. The van der Waals surface area contributed by atoms with E-state index in [9.17, 15) is 0 Å². The highest BCUT2D eigenvalue weighted by molar-refractivity contribution is 6.30. The number of hydrogen-bond donors (Lipinski definition) is 1. The van der Waals surface area contributed by atoms with Gasteiger partial charge in [0.15, 0.2) is 0 Å². The molecule has 6 heteroatoms. The number of aryl methyl sites for hydroxylation is 4. The number of benzene rings is 4. The normalized spacial score (nSPS) is 15.5. The van der Waals surface area contributed by atoms with Gasteiger partial charge in [0.25, 0.3) is 0 Å². The second-order valence-electron chi connectivity index (χ2n) is 13.2. The molecule has 252 valence electrons. The van der Waals surface area contributed by atoms with Crippen LogP contribution < -0.4 is 5.32 Å². The van der Waals surface area contributed by atoms with Gasteiger partial charge in [-0.25, -0.2) is 0 Å². The molecule has 4 aromatic carbocycles. The van der Waals surface area contributed by atoms with Crippen LogP contribution in [-0.2, 0) is 22.7 Å². The Morgan fingerprint density at radius 2 is 1.06 bits per heavy atom. The predicted molar refractivity (Wildman–Crippen MR) is 201 cm³/mol. The van der Waals surface area contributed by atoms with Crippen molar-refractivity contribution in [1.82, 2.24) is 5.32 Å². The second-order valence-corrected chi connectivity index (χ2v) is 14.1. The number of halogens is 3. The molecule has 0 radical (unpaired) electrons. The maximum absolute atomic E-state index is 6.63. The van der Waals surface area contributed by atoms with Crippen LogP contribution in [0.5, 0.6) is 0 Å². The molecule has 1 fully saturated rings. The van der Waals surface area contributed by atoms with Gasteiger partial charge < -0.3 is 14.8 Å². The first-order valence-corrected chi connectivity index (χ1v) is 17.5. The van der Waals surface area contributed by atoms with E-state index in [0.29, 0.717) is 26.4 Å². The van der Waals surface area contributed by atoms with E-state index >= 15 is 0 Å². The molecule has 1 aliphatic rings. The van der Waals surface area contributed by atoms with Gasteiger partial charge in [0.05, 0.1) is 26.4 Å². The van der Waals surface area contributed by atoms with Gasteiger partial charge >= 0.3 is 0 Å². The summed E-state index contributed by atoms with van der Waals surface area (Å²) in [5.74, 6) is 0.345. The van der Waals surface area contributed by atoms with Crippen molar-refractivity contribution in [2.45, 2.75) is 90.4 Å². The van der Waals surface area contributed by atoms with Crippen LogP contribution in [0.15, 0.2) is 84.9 Å². The molecule has 3 nitrogen and oxygen atoms in total. The highest BCUT2D eigenvalue weighted by Gasteiger charge is 2.41. The van der Waals surface area contributed by atoms with E-state index < -0.39 is 0 Å². The third kappa shape index (κ3) is 9.85. The number of rotatable bonds is 14. The minimum atomic E-state index is -0.107. The van der Waals surface area contributed by atoms with Crippen molar-refractivity contribution in [1.29, 1.82) is 0 Å². The highest BCUT2D eigenvalue weighted by Crippen LogP contribution is 2.41. The molecule has 0 aromatic heterocycles. The Morgan fingerprint density at radius 3 is 1.55 bits per heavy atom. The summed E-state index contributed by atoms with van der Waals surface area (Å²) in [6.07, 6.45) is 5.86. The molecule has 0 saturated heterocycles. The summed E-state index contributed by atoms with van der Waals surface area (Å²) in [4.78, 5) is 0. The zero-order valence-corrected chi connectivity index (χ0v) is 30.6. The van der Waals surface area contributed by atoms with Crippen molar-refractivity contribution in [3.05, 3.63) is 139 Å². The average Bonchev–Trinajstić information content (AvgIpc) is 3.05. The van der Waals surface area contributed by atoms with Crippen molar-refractivity contribution in [2.24, 2.45) is 0 Å². The zero-order chi connectivity index (χ0) is 32.5. The Balaban J connectivity index is 0.00000500. The Labute approximate surface area is 298 Å². The van der Waals surface area contributed by atoms with E-state index in [0.717, 1.165) is 29.4 Å². The topological polar surface area (TPSA) is 30.5 Å². The van der Waals surface area contributed by atoms with Crippen LogP contribution in [0.25, 0.3) is 0 Å². The summed E-state index contributed by atoms with van der Waals surface area (Å²) in [7, 11) is 0. The molecule has 1 saturated carbocycles. The highest BCUT2D eigenvalue weighted by atomic mass is 35.5. The fraction of sp³-hybridized carbons (Fsp3) is 0.415. The molecule has 1 N–H and O–H groups in total. The summed E-state index contributed by atoms with van der Waals surface area (Å²) < 4.78 is 13.1. The molecular formula is C41H50Cl3NO2. The monoisotopic (exact) mass is 693 g/mol. The summed E-state index contributed by atoms with van der Waals surface area (Å²) in [6.45, 7) is 11.9. The van der Waals surface area contributed by atoms with Gasteiger partial charge in [-0.2, -0.15) is 0 Å². The van der Waals surface area contributed by atoms with Crippen molar-refractivity contribution in [3.63, 3.8) is 0 Å². The maximum Gasteiger partial charge on any atom is 0.0722 e. The van der Waals surface area contributed by atoms with Crippen LogP contribution in [0.1, 0.15) is 88.4 Å². The van der Waals surface area contributed by atoms with Crippen LogP contribution >= 0.6 is 35.6 Å². The Morgan fingerprint density at radius 1 is 0.617 bits per heavy atom.